The molecule has 0 saturated heterocycles. The zero-order valence-corrected chi connectivity index (χ0v) is 11.6. The summed E-state index contributed by atoms with van der Waals surface area (Å²) in [7, 11) is 0. The Hall–Kier alpha value is -1.70. The number of phenolic OH excluding ortho intramolecular Hbond substituents is 1. The zero-order valence-electron chi connectivity index (χ0n) is 11.6. The second-order valence-corrected chi connectivity index (χ2v) is 4.74. The van der Waals surface area contributed by atoms with Gasteiger partial charge < -0.3 is 20.7 Å². The van der Waals surface area contributed by atoms with Crippen LogP contribution in [0.25, 0.3) is 0 Å². The Morgan fingerprint density at radius 3 is 2.60 bits per heavy atom. The second kappa shape index (κ2) is 7.18. The molecule has 1 aromatic rings. The van der Waals surface area contributed by atoms with E-state index in [1.54, 1.807) is 13.8 Å². The highest BCUT2D eigenvalue weighted by atomic mass is 16.6. The highest BCUT2D eigenvalue weighted by Crippen LogP contribution is 2.32. The number of aromatic hydroxyl groups is 1. The van der Waals surface area contributed by atoms with E-state index in [0.29, 0.717) is 5.56 Å². The Bertz CT molecular complexity index is 476. The van der Waals surface area contributed by atoms with Crippen molar-refractivity contribution in [1.29, 1.82) is 0 Å². The monoisotopic (exact) mass is 284 g/mol. The first-order chi connectivity index (χ1) is 9.36. The maximum Gasteiger partial charge on any atom is 0.278 e. The molecule has 0 radical (unpaired) electrons. The molecule has 4 N–H and O–H groups in total. The molecule has 0 aromatic heterocycles. The molecular weight excluding hydrogens is 264 g/mol. The lowest BCUT2D eigenvalue weighted by Gasteiger charge is -2.14. The number of nitro benzene ring substituents is 1. The number of hydrogen-bond donors (Lipinski definition) is 3. The Labute approximate surface area is 117 Å². The van der Waals surface area contributed by atoms with Crippen LogP contribution >= 0.6 is 0 Å². The van der Waals surface area contributed by atoms with Gasteiger partial charge in [-0.05, 0) is 25.5 Å². The summed E-state index contributed by atoms with van der Waals surface area (Å²) in [4.78, 5) is 10.4. The van der Waals surface area contributed by atoms with E-state index in [4.69, 9.17) is 10.5 Å². The van der Waals surface area contributed by atoms with Crippen molar-refractivity contribution in [1.82, 2.24) is 0 Å². The van der Waals surface area contributed by atoms with Gasteiger partial charge in [0.2, 0.25) is 0 Å². The van der Waals surface area contributed by atoms with Crippen molar-refractivity contribution in [2.75, 3.05) is 6.54 Å². The molecule has 0 saturated carbocycles. The first-order valence-corrected chi connectivity index (χ1v) is 6.34. The number of nitrogens with two attached hydrogens (primary N) is 1. The molecule has 0 spiro atoms. The first-order valence-electron chi connectivity index (χ1n) is 6.34. The van der Waals surface area contributed by atoms with Crippen molar-refractivity contribution in [2.24, 2.45) is 5.73 Å². The zero-order chi connectivity index (χ0) is 15.3. The fraction of sp³-hybridized carbons (Fsp3) is 0.538. The SMILES string of the molecule is CC(O)Cc1ccc([N+](=O)[O-])c(COC(C)CN)c1O. The molecule has 0 aliphatic rings. The van der Waals surface area contributed by atoms with E-state index >= 15 is 0 Å². The van der Waals surface area contributed by atoms with E-state index < -0.39 is 11.0 Å². The third-order valence-corrected chi connectivity index (χ3v) is 2.90. The third-order valence-electron chi connectivity index (χ3n) is 2.90. The number of hydrogen-bond acceptors (Lipinski definition) is 6. The van der Waals surface area contributed by atoms with Crippen LogP contribution < -0.4 is 5.73 Å². The van der Waals surface area contributed by atoms with Crippen molar-refractivity contribution in [3.8, 4) is 5.75 Å². The van der Waals surface area contributed by atoms with Crippen molar-refractivity contribution in [2.45, 2.75) is 39.1 Å². The summed E-state index contributed by atoms with van der Waals surface area (Å²) in [6, 6.07) is 2.75. The predicted octanol–water partition coefficient (Wildman–Crippen LogP) is 1.09. The summed E-state index contributed by atoms with van der Waals surface area (Å²) in [5.41, 5.74) is 5.76. The minimum atomic E-state index is -0.654. The van der Waals surface area contributed by atoms with Crippen LogP contribution in [0.5, 0.6) is 5.75 Å². The van der Waals surface area contributed by atoms with Gasteiger partial charge in [-0.3, -0.25) is 10.1 Å². The smallest absolute Gasteiger partial charge is 0.278 e. The van der Waals surface area contributed by atoms with Crippen molar-refractivity contribution in [3.63, 3.8) is 0 Å². The van der Waals surface area contributed by atoms with Crippen LogP contribution in [0.2, 0.25) is 0 Å². The van der Waals surface area contributed by atoms with Gasteiger partial charge in [-0.15, -0.1) is 0 Å². The number of ether oxygens (including phenoxy) is 1. The molecule has 0 bridgehead atoms. The van der Waals surface area contributed by atoms with E-state index in [1.165, 1.54) is 12.1 Å². The molecule has 7 nitrogen and oxygen atoms in total. The molecule has 2 atom stereocenters. The van der Waals surface area contributed by atoms with Crippen LogP contribution in [-0.4, -0.2) is 33.9 Å². The van der Waals surface area contributed by atoms with E-state index in [1.807, 2.05) is 0 Å². The van der Waals surface area contributed by atoms with Gasteiger partial charge >= 0.3 is 0 Å². The van der Waals surface area contributed by atoms with Crippen LogP contribution in [0.15, 0.2) is 12.1 Å². The largest absolute Gasteiger partial charge is 0.507 e. The van der Waals surface area contributed by atoms with Gasteiger partial charge in [-0.25, -0.2) is 0 Å². The molecule has 112 valence electrons. The lowest BCUT2D eigenvalue weighted by molar-refractivity contribution is -0.386. The standard InChI is InChI=1S/C13H20N2O5/c1-8(16)5-10-3-4-12(15(18)19)11(13(10)17)7-20-9(2)6-14/h3-4,8-9,16-17H,5-7,14H2,1-2H3. The molecule has 20 heavy (non-hydrogen) atoms. The average molecular weight is 284 g/mol. The summed E-state index contributed by atoms with van der Waals surface area (Å²) < 4.78 is 5.36. The van der Waals surface area contributed by atoms with Gasteiger partial charge in [0.15, 0.2) is 0 Å². The van der Waals surface area contributed by atoms with Crippen molar-refractivity contribution < 1.29 is 19.9 Å². The van der Waals surface area contributed by atoms with Gasteiger partial charge in [-0.2, -0.15) is 0 Å². The molecule has 0 fully saturated rings. The minimum Gasteiger partial charge on any atom is -0.507 e. The van der Waals surface area contributed by atoms with Gasteiger partial charge in [0, 0.05) is 19.0 Å². The van der Waals surface area contributed by atoms with Crippen LogP contribution in [0.4, 0.5) is 5.69 Å². The summed E-state index contributed by atoms with van der Waals surface area (Å²) in [6.45, 7) is 3.49. The molecular formula is C13H20N2O5. The lowest BCUT2D eigenvalue weighted by atomic mass is 10.0. The molecule has 0 heterocycles. The summed E-state index contributed by atoms with van der Waals surface area (Å²) in [5, 5.41) is 30.5. The Kier molecular flexibility index (Phi) is 5.87. The number of nitrogens with zero attached hydrogens (tertiary/aromatic N) is 1. The minimum absolute atomic E-state index is 0.103. The summed E-state index contributed by atoms with van der Waals surface area (Å²) in [6.07, 6.45) is -0.711. The Balaban J connectivity index is 3.10. The van der Waals surface area contributed by atoms with Gasteiger partial charge in [0.05, 0.1) is 29.3 Å². The number of aliphatic hydroxyl groups excluding tert-OH is 1. The topological polar surface area (TPSA) is 119 Å². The molecule has 0 amide bonds. The van der Waals surface area contributed by atoms with Crippen LogP contribution in [0.3, 0.4) is 0 Å². The van der Waals surface area contributed by atoms with Crippen molar-refractivity contribution >= 4 is 5.69 Å². The number of benzene rings is 1. The Morgan fingerprint density at radius 1 is 1.45 bits per heavy atom. The molecule has 2 unspecified atom stereocenters. The maximum absolute atomic E-state index is 11.0. The van der Waals surface area contributed by atoms with Crippen molar-refractivity contribution in [3.05, 3.63) is 33.4 Å². The van der Waals surface area contributed by atoms with Crippen LogP contribution in [0.1, 0.15) is 25.0 Å². The Morgan fingerprint density at radius 2 is 2.10 bits per heavy atom. The number of rotatable bonds is 7. The van der Waals surface area contributed by atoms with E-state index in [9.17, 15) is 20.3 Å². The van der Waals surface area contributed by atoms with E-state index in [-0.39, 0.29) is 42.7 Å². The molecule has 1 rings (SSSR count). The molecule has 1 aromatic carbocycles. The quantitative estimate of drug-likeness (QED) is 0.509. The highest BCUT2D eigenvalue weighted by molar-refractivity contribution is 5.53. The number of phenols is 1. The first kappa shape index (κ1) is 16.4. The predicted molar refractivity (Wildman–Crippen MR) is 73.5 cm³/mol. The summed E-state index contributed by atoms with van der Waals surface area (Å²) >= 11 is 0. The van der Waals surface area contributed by atoms with Gasteiger partial charge in [0.1, 0.15) is 5.75 Å². The second-order valence-electron chi connectivity index (χ2n) is 4.74. The fourth-order valence-corrected chi connectivity index (χ4v) is 1.76. The average Bonchev–Trinajstić information content (AvgIpc) is 2.38. The van der Waals surface area contributed by atoms with Crippen LogP contribution in [-0.2, 0) is 17.8 Å². The maximum atomic E-state index is 11.0. The molecule has 0 aliphatic heterocycles. The number of nitro groups is 1. The normalized spacial score (nSPS) is 14.0. The van der Waals surface area contributed by atoms with Crippen LogP contribution in [0, 0.1) is 10.1 Å². The van der Waals surface area contributed by atoms with Gasteiger partial charge in [0.25, 0.3) is 5.69 Å². The third kappa shape index (κ3) is 4.16. The fourth-order valence-electron chi connectivity index (χ4n) is 1.76. The van der Waals surface area contributed by atoms with Gasteiger partial charge in [-0.1, -0.05) is 0 Å². The highest BCUT2D eigenvalue weighted by Gasteiger charge is 2.21. The lowest BCUT2D eigenvalue weighted by Crippen LogP contribution is -2.20. The molecule has 0 aliphatic carbocycles. The summed E-state index contributed by atoms with van der Waals surface area (Å²) in [5.74, 6) is -0.204. The van der Waals surface area contributed by atoms with E-state index in [0.717, 1.165) is 0 Å². The van der Waals surface area contributed by atoms with E-state index in [2.05, 4.69) is 0 Å². The molecule has 7 heteroatoms. The number of aliphatic hydroxyl groups is 1.